The Morgan fingerprint density at radius 1 is 0.588 bits per heavy atom. The van der Waals surface area contributed by atoms with Gasteiger partial charge in [0.15, 0.2) is 0 Å². The van der Waals surface area contributed by atoms with Crippen LogP contribution in [0.2, 0.25) is 0 Å². The summed E-state index contributed by atoms with van der Waals surface area (Å²) in [5.41, 5.74) is 0. The van der Waals surface area contributed by atoms with Gasteiger partial charge < -0.3 is 29.5 Å². The Kier molecular flexibility index (Phi) is 23.7. The van der Waals surface area contributed by atoms with E-state index < -0.39 is 0 Å². The smallest absolute Gasteiger partial charge is 0.0701 e. The van der Waals surface area contributed by atoms with Crippen LogP contribution in [0.5, 0.6) is 0 Å². The number of hydrogen-bond donors (Lipinski definition) is 3. The van der Waals surface area contributed by atoms with Gasteiger partial charge in [-0.3, -0.25) is 0 Å². The van der Waals surface area contributed by atoms with Gasteiger partial charge in [-0.1, -0.05) is 6.92 Å². The maximum absolute atomic E-state index is 8.26. The van der Waals surface area contributed by atoms with Crippen LogP contribution in [0.25, 0.3) is 0 Å². The lowest BCUT2D eigenvalue weighted by Gasteiger charge is -2.01. The maximum Gasteiger partial charge on any atom is 0.0701 e. The maximum atomic E-state index is 8.26. The SMILES string of the molecule is CCCOCCO.OCCOCCOCCO. The summed E-state index contributed by atoms with van der Waals surface area (Å²) in [5, 5.41) is 24.7. The number of aliphatic hydroxyl groups is 3. The molecule has 0 aliphatic rings. The molecule has 6 nitrogen and oxygen atoms in total. The van der Waals surface area contributed by atoms with Crippen molar-refractivity contribution in [3.8, 4) is 0 Å². The summed E-state index contributed by atoms with van der Waals surface area (Å²) >= 11 is 0. The molecule has 0 fully saturated rings. The van der Waals surface area contributed by atoms with Crippen molar-refractivity contribution < 1.29 is 29.5 Å². The van der Waals surface area contributed by atoms with E-state index in [9.17, 15) is 0 Å². The first-order valence-corrected chi connectivity index (χ1v) is 5.89. The average Bonchev–Trinajstić information content (AvgIpc) is 2.35. The molecule has 0 aliphatic carbocycles. The van der Waals surface area contributed by atoms with Crippen LogP contribution in [-0.4, -0.2) is 74.8 Å². The Hall–Kier alpha value is -0.240. The summed E-state index contributed by atoms with van der Waals surface area (Å²) in [7, 11) is 0. The van der Waals surface area contributed by atoms with Gasteiger partial charge in [-0.25, -0.2) is 0 Å². The second-order valence-corrected chi connectivity index (χ2v) is 3.01. The Morgan fingerprint density at radius 2 is 0.941 bits per heavy atom. The molecule has 106 valence electrons. The van der Waals surface area contributed by atoms with Crippen molar-refractivity contribution in [2.45, 2.75) is 13.3 Å². The van der Waals surface area contributed by atoms with Crippen LogP contribution >= 0.6 is 0 Å². The average molecular weight is 254 g/mol. The highest BCUT2D eigenvalue weighted by atomic mass is 16.5. The molecule has 0 saturated carbocycles. The van der Waals surface area contributed by atoms with Crippen LogP contribution in [0, 0.1) is 0 Å². The lowest BCUT2D eigenvalue weighted by molar-refractivity contribution is 0.0222. The largest absolute Gasteiger partial charge is 0.394 e. The number of rotatable bonds is 11. The fourth-order valence-corrected chi connectivity index (χ4v) is 0.762. The van der Waals surface area contributed by atoms with E-state index in [-0.39, 0.29) is 19.8 Å². The zero-order valence-corrected chi connectivity index (χ0v) is 10.6. The highest BCUT2D eigenvalue weighted by molar-refractivity contribution is 4.30. The monoisotopic (exact) mass is 254 g/mol. The van der Waals surface area contributed by atoms with Gasteiger partial charge in [0.2, 0.25) is 0 Å². The molecule has 0 amide bonds. The van der Waals surface area contributed by atoms with Gasteiger partial charge in [0.1, 0.15) is 0 Å². The van der Waals surface area contributed by atoms with Crippen LogP contribution in [0.15, 0.2) is 0 Å². The Bertz CT molecular complexity index is 100. The van der Waals surface area contributed by atoms with Gasteiger partial charge in [-0.15, -0.1) is 0 Å². The van der Waals surface area contributed by atoms with E-state index in [4.69, 9.17) is 29.5 Å². The van der Waals surface area contributed by atoms with Crippen LogP contribution < -0.4 is 0 Å². The van der Waals surface area contributed by atoms with E-state index in [1.54, 1.807) is 0 Å². The molecule has 17 heavy (non-hydrogen) atoms. The molecule has 0 atom stereocenters. The third kappa shape index (κ3) is 25.8. The minimum atomic E-state index is 0.0417. The lowest BCUT2D eigenvalue weighted by atomic mass is 10.5. The molecular weight excluding hydrogens is 228 g/mol. The first-order valence-electron chi connectivity index (χ1n) is 5.89. The van der Waals surface area contributed by atoms with Crippen molar-refractivity contribution in [3.63, 3.8) is 0 Å². The Balaban J connectivity index is 0. The first kappa shape index (κ1) is 19.1. The van der Waals surface area contributed by atoms with Gasteiger partial charge in [0.25, 0.3) is 0 Å². The fraction of sp³-hybridized carbons (Fsp3) is 1.00. The molecule has 0 aromatic heterocycles. The molecule has 0 bridgehead atoms. The summed E-state index contributed by atoms with van der Waals surface area (Å²) in [6.45, 7) is 5.15. The summed E-state index contributed by atoms with van der Waals surface area (Å²) in [4.78, 5) is 0. The first-order chi connectivity index (χ1) is 8.33. The van der Waals surface area contributed by atoms with Crippen LogP contribution in [0.1, 0.15) is 13.3 Å². The van der Waals surface area contributed by atoms with Gasteiger partial charge in [0, 0.05) is 6.61 Å². The zero-order valence-electron chi connectivity index (χ0n) is 10.6. The van der Waals surface area contributed by atoms with Crippen molar-refractivity contribution >= 4 is 0 Å². The van der Waals surface area contributed by atoms with E-state index in [1.807, 2.05) is 6.92 Å². The molecular formula is C11H26O6. The topological polar surface area (TPSA) is 88.4 Å². The molecule has 0 aromatic carbocycles. The Labute approximate surface area is 103 Å². The van der Waals surface area contributed by atoms with E-state index in [2.05, 4.69) is 0 Å². The van der Waals surface area contributed by atoms with Crippen molar-refractivity contribution in [1.82, 2.24) is 0 Å². The van der Waals surface area contributed by atoms with Crippen molar-refractivity contribution in [3.05, 3.63) is 0 Å². The summed E-state index contributed by atoms with van der Waals surface area (Å²) in [6, 6.07) is 0. The quantitative estimate of drug-likeness (QED) is 0.427. The minimum Gasteiger partial charge on any atom is -0.394 e. The minimum absolute atomic E-state index is 0.0417. The van der Waals surface area contributed by atoms with Gasteiger partial charge in [-0.2, -0.15) is 0 Å². The number of hydrogen-bond acceptors (Lipinski definition) is 6. The highest BCUT2D eigenvalue weighted by Gasteiger charge is 1.86. The molecule has 0 aromatic rings. The van der Waals surface area contributed by atoms with E-state index in [0.29, 0.717) is 33.0 Å². The number of ether oxygens (including phenoxy) is 3. The molecule has 0 rings (SSSR count). The normalized spacial score (nSPS) is 9.88. The predicted molar refractivity (Wildman–Crippen MR) is 64.0 cm³/mol. The third-order valence-corrected chi connectivity index (χ3v) is 1.43. The highest BCUT2D eigenvalue weighted by Crippen LogP contribution is 1.77. The van der Waals surface area contributed by atoms with E-state index >= 15 is 0 Å². The summed E-state index contributed by atoms with van der Waals surface area (Å²) in [5.74, 6) is 0. The van der Waals surface area contributed by atoms with E-state index in [1.165, 1.54) is 0 Å². The second kappa shape index (κ2) is 21.1. The van der Waals surface area contributed by atoms with Crippen molar-refractivity contribution in [2.24, 2.45) is 0 Å². The van der Waals surface area contributed by atoms with Crippen LogP contribution in [0.4, 0.5) is 0 Å². The van der Waals surface area contributed by atoms with Crippen molar-refractivity contribution in [2.75, 3.05) is 59.5 Å². The zero-order chi connectivity index (χ0) is 13.2. The van der Waals surface area contributed by atoms with Gasteiger partial charge in [0.05, 0.1) is 52.9 Å². The fourth-order valence-electron chi connectivity index (χ4n) is 0.762. The molecule has 0 spiro atoms. The van der Waals surface area contributed by atoms with Crippen LogP contribution in [-0.2, 0) is 14.2 Å². The lowest BCUT2D eigenvalue weighted by Crippen LogP contribution is -2.09. The molecule has 0 unspecified atom stereocenters. The Morgan fingerprint density at radius 3 is 1.24 bits per heavy atom. The molecule has 3 N–H and O–H groups in total. The van der Waals surface area contributed by atoms with Gasteiger partial charge >= 0.3 is 0 Å². The summed E-state index contributed by atoms with van der Waals surface area (Å²) in [6.07, 6.45) is 1.03. The molecule has 0 aliphatic heterocycles. The number of aliphatic hydroxyl groups excluding tert-OH is 3. The van der Waals surface area contributed by atoms with Gasteiger partial charge in [-0.05, 0) is 6.42 Å². The second-order valence-electron chi connectivity index (χ2n) is 3.01. The van der Waals surface area contributed by atoms with Crippen molar-refractivity contribution in [1.29, 1.82) is 0 Å². The third-order valence-electron chi connectivity index (χ3n) is 1.43. The van der Waals surface area contributed by atoms with Crippen LogP contribution in [0.3, 0.4) is 0 Å². The molecule has 0 saturated heterocycles. The summed E-state index contributed by atoms with van der Waals surface area (Å²) < 4.78 is 14.6. The molecule has 0 radical (unpaired) electrons. The molecule has 0 heterocycles. The standard InChI is InChI=1S/C6H14O4.C5H12O2/c7-1-3-9-5-6-10-4-2-8;1-2-4-7-5-3-6/h7-8H,1-6H2;6H,2-5H2,1H3. The predicted octanol–water partition coefficient (Wildman–Crippen LogP) is -0.590. The molecule has 6 heteroatoms. The van der Waals surface area contributed by atoms with E-state index in [0.717, 1.165) is 13.0 Å².